The first-order valence-electron chi connectivity index (χ1n) is 9.52. The largest absolute Gasteiger partial charge is 0.435 e. The standard InChI is InChI=1S/C20H18F4N6O/c21-15-1-3-16(4-2-15)30-18(20(22,23)24)17(26-27-30)19(31)29-11-9-28(10-12-29)13-14-5-7-25-8-6-14/h1-8H,9-13H2. The zero-order chi connectivity index (χ0) is 22.0. The molecular formula is C20H18F4N6O. The number of halogens is 4. The molecule has 0 aliphatic carbocycles. The molecule has 0 spiro atoms. The van der Waals surface area contributed by atoms with Crippen molar-refractivity contribution in [3.05, 3.63) is 71.6 Å². The van der Waals surface area contributed by atoms with Gasteiger partial charge in [0.05, 0.1) is 5.69 Å². The predicted octanol–water partition coefficient (Wildman–Crippen LogP) is 2.78. The van der Waals surface area contributed by atoms with E-state index in [9.17, 15) is 22.4 Å². The fourth-order valence-electron chi connectivity index (χ4n) is 3.45. The molecule has 1 aromatic carbocycles. The molecule has 1 fully saturated rings. The van der Waals surface area contributed by atoms with Gasteiger partial charge in [-0.05, 0) is 42.0 Å². The number of piperazine rings is 1. The van der Waals surface area contributed by atoms with E-state index in [0.717, 1.165) is 29.8 Å². The highest BCUT2D eigenvalue weighted by atomic mass is 19.4. The number of hydrogen-bond acceptors (Lipinski definition) is 5. The lowest BCUT2D eigenvalue weighted by molar-refractivity contribution is -0.143. The Morgan fingerprint density at radius 1 is 0.968 bits per heavy atom. The summed E-state index contributed by atoms with van der Waals surface area (Å²) in [7, 11) is 0. The summed E-state index contributed by atoms with van der Waals surface area (Å²) in [6.07, 6.45) is -1.48. The van der Waals surface area contributed by atoms with Crippen LogP contribution in [0.15, 0.2) is 48.8 Å². The van der Waals surface area contributed by atoms with Gasteiger partial charge in [-0.15, -0.1) is 5.10 Å². The van der Waals surface area contributed by atoms with Gasteiger partial charge in [-0.3, -0.25) is 14.7 Å². The van der Waals surface area contributed by atoms with Crippen LogP contribution in [0.5, 0.6) is 0 Å². The summed E-state index contributed by atoms with van der Waals surface area (Å²) in [5.74, 6) is -1.43. The minimum atomic E-state index is -4.87. The number of nitrogens with zero attached hydrogens (tertiary/aromatic N) is 6. The van der Waals surface area contributed by atoms with Crippen LogP contribution in [0.3, 0.4) is 0 Å². The number of hydrogen-bond donors (Lipinski definition) is 0. The quantitative estimate of drug-likeness (QED) is 0.591. The number of aromatic nitrogens is 4. The molecule has 0 unspecified atom stereocenters. The molecule has 3 aromatic rings. The van der Waals surface area contributed by atoms with Crippen molar-refractivity contribution in [2.75, 3.05) is 26.2 Å². The van der Waals surface area contributed by atoms with Crippen LogP contribution in [0.4, 0.5) is 17.6 Å². The van der Waals surface area contributed by atoms with Gasteiger partial charge in [0, 0.05) is 45.1 Å². The third-order valence-corrected chi connectivity index (χ3v) is 5.03. The van der Waals surface area contributed by atoms with Crippen molar-refractivity contribution in [2.45, 2.75) is 12.7 Å². The number of benzene rings is 1. The highest BCUT2D eigenvalue weighted by Crippen LogP contribution is 2.33. The summed E-state index contributed by atoms with van der Waals surface area (Å²) in [5.41, 5.74) is -1.01. The molecule has 4 rings (SSSR count). The second kappa shape index (κ2) is 8.42. The van der Waals surface area contributed by atoms with Gasteiger partial charge >= 0.3 is 6.18 Å². The Bertz CT molecular complexity index is 1040. The maximum atomic E-state index is 13.8. The van der Waals surface area contributed by atoms with Crippen molar-refractivity contribution in [3.8, 4) is 5.69 Å². The second-order valence-electron chi connectivity index (χ2n) is 7.10. The van der Waals surface area contributed by atoms with Gasteiger partial charge in [-0.25, -0.2) is 9.07 Å². The lowest BCUT2D eigenvalue weighted by Crippen LogP contribution is -2.48. The number of amides is 1. The molecule has 0 N–H and O–H groups in total. The van der Waals surface area contributed by atoms with E-state index < -0.39 is 29.3 Å². The molecule has 0 radical (unpaired) electrons. The van der Waals surface area contributed by atoms with Crippen molar-refractivity contribution in [2.24, 2.45) is 0 Å². The summed E-state index contributed by atoms with van der Waals surface area (Å²) >= 11 is 0. The summed E-state index contributed by atoms with van der Waals surface area (Å²) in [6, 6.07) is 8.10. The van der Waals surface area contributed by atoms with Crippen LogP contribution >= 0.6 is 0 Å². The fraction of sp³-hybridized carbons (Fsp3) is 0.300. The molecule has 31 heavy (non-hydrogen) atoms. The minimum absolute atomic E-state index is 0.0394. The first-order chi connectivity index (χ1) is 14.8. The maximum Gasteiger partial charge on any atom is 0.435 e. The van der Waals surface area contributed by atoms with E-state index in [2.05, 4.69) is 20.2 Å². The Morgan fingerprint density at radius 3 is 2.23 bits per heavy atom. The minimum Gasteiger partial charge on any atom is -0.335 e. The van der Waals surface area contributed by atoms with E-state index >= 15 is 0 Å². The maximum absolute atomic E-state index is 13.8. The summed E-state index contributed by atoms with van der Waals surface area (Å²) in [5, 5.41) is 7.06. The van der Waals surface area contributed by atoms with Crippen molar-refractivity contribution < 1.29 is 22.4 Å². The van der Waals surface area contributed by atoms with Crippen LogP contribution in [0.2, 0.25) is 0 Å². The number of carbonyl (C=O) groups excluding carboxylic acids is 1. The Hall–Kier alpha value is -3.34. The third kappa shape index (κ3) is 4.55. The SMILES string of the molecule is O=C(c1nnn(-c2ccc(F)cc2)c1C(F)(F)F)N1CCN(Cc2ccncc2)CC1. The average Bonchev–Trinajstić information content (AvgIpc) is 3.21. The number of pyridine rings is 1. The van der Waals surface area contributed by atoms with Crippen LogP contribution in [0, 0.1) is 5.82 Å². The van der Waals surface area contributed by atoms with E-state index in [-0.39, 0.29) is 18.8 Å². The monoisotopic (exact) mass is 434 g/mol. The van der Waals surface area contributed by atoms with Gasteiger partial charge in [0.2, 0.25) is 0 Å². The number of carbonyl (C=O) groups is 1. The summed E-state index contributed by atoms with van der Waals surface area (Å²) < 4.78 is 55.0. The van der Waals surface area contributed by atoms with Crippen molar-refractivity contribution in [1.29, 1.82) is 0 Å². The summed E-state index contributed by atoms with van der Waals surface area (Å²) in [4.78, 5) is 20.3. The van der Waals surface area contributed by atoms with E-state index in [0.29, 0.717) is 24.3 Å². The van der Waals surface area contributed by atoms with Crippen molar-refractivity contribution in [3.63, 3.8) is 0 Å². The first-order valence-corrected chi connectivity index (χ1v) is 9.52. The molecule has 1 saturated heterocycles. The molecule has 7 nitrogen and oxygen atoms in total. The Labute approximate surface area is 174 Å². The first kappa shape index (κ1) is 20.9. The zero-order valence-corrected chi connectivity index (χ0v) is 16.3. The molecule has 11 heteroatoms. The zero-order valence-electron chi connectivity index (χ0n) is 16.3. The van der Waals surface area contributed by atoms with Crippen LogP contribution in [0.25, 0.3) is 5.69 Å². The van der Waals surface area contributed by atoms with Gasteiger partial charge in [0.25, 0.3) is 5.91 Å². The van der Waals surface area contributed by atoms with Crippen LogP contribution in [-0.4, -0.2) is 61.9 Å². The number of rotatable bonds is 4. The smallest absolute Gasteiger partial charge is 0.335 e. The molecule has 162 valence electrons. The molecule has 1 amide bonds. The highest BCUT2D eigenvalue weighted by Gasteiger charge is 2.43. The highest BCUT2D eigenvalue weighted by molar-refractivity contribution is 5.93. The van der Waals surface area contributed by atoms with Crippen LogP contribution in [-0.2, 0) is 12.7 Å². The molecular weight excluding hydrogens is 416 g/mol. The third-order valence-electron chi connectivity index (χ3n) is 5.03. The second-order valence-corrected chi connectivity index (χ2v) is 7.10. The van der Waals surface area contributed by atoms with E-state index in [1.807, 2.05) is 12.1 Å². The van der Waals surface area contributed by atoms with Crippen molar-refractivity contribution in [1.82, 2.24) is 29.8 Å². The molecule has 0 bridgehead atoms. The lowest BCUT2D eigenvalue weighted by Gasteiger charge is -2.34. The average molecular weight is 434 g/mol. The van der Waals surface area contributed by atoms with Gasteiger partial charge < -0.3 is 4.90 Å². The molecule has 1 aliphatic rings. The molecule has 3 heterocycles. The molecule has 0 atom stereocenters. The molecule has 0 saturated carbocycles. The summed E-state index contributed by atoms with van der Waals surface area (Å²) in [6.45, 7) is 2.23. The number of alkyl halides is 3. The van der Waals surface area contributed by atoms with E-state index in [1.165, 1.54) is 4.90 Å². The van der Waals surface area contributed by atoms with Gasteiger partial charge in [-0.2, -0.15) is 13.2 Å². The Morgan fingerprint density at radius 2 is 1.61 bits per heavy atom. The Balaban J connectivity index is 1.52. The van der Waals surface area contributed by atoms with Gasteiger partial charge in [0.1, 0.15) is 5.82 Å². The van der Waals surface area contributed by atoms with E-state index in [4.69, 9.17) is 0 Å². The van der Waals surface area contributed by atoms with Gasteiger partial charge in [0.15, 0.2) is 11.4 Å². The van der Waals surface area contributed by atoms with Gasteiger partial charge in [-0.1, -0.05) is 5.21 Å². The predicted molar refractivity (Wildman–Crippen MR) is 102 cm³/mol. The topological polar surface area (TPSA) is 67.2 Å². The van der Waals surface area contributed by atoms with Crippen LogP contribution in [0.1, 0.15) is 21.7 Å². The molecule has 1 aliphatic heterocycles. The Kier molecular flexibility index (Phi) is 5.68. The van der Waals surface area contributed by atoms with E-state index in [1.54, 1.807) is 12.4 Å². The molecule has 2 aromatic heterocycles. The fourth-order valence-corrected chi connectivity index (χ4v) is 3.45. The van der Waals surface area contributed by atoms with Crippen molar-refractivity contribution >= 4 is 5.91 Å². The lowest BCUT2D eigenvalue weighted by atomic mass is 10.2. The normalized spacial score (nSPS) is 15.3. The van der Waals surface area contributed by atoms with Crippen LogP contribution < -0.4 is 0 Å².